The van der Waals surface area contributed by atoms with Crippen molar-refractivity contribution in [2.45, 2.75) is 12.5 Å². The molecule has 1 atom stereocenters. The smallest absolute Gasteiger partial charge is 0.229 e. The van der Waals surface area contributed by atoms with Gasteiger partial charge in [-0.1, -0.05) is 23.7 Å². The van der Waals surface area contributed by atoms with Crippen molar-refractivity contribution < 1.29 is 18.3 Å². The molecule has 0 aliphatic heterocycles. The number of hydrogen-bond donors (Lipinski definition) is 3. The van der Waals surface area contributed by atoms with Crippen molar-refractivity contribution in [2.75, 3.05) is 30.7 Å². The lowest BCUT2D eigenvalue weighted by atomic mass is 10.1. The Morgan fingerprint density at radius 1 is 1.19 bits per heavy atom. The quantitative estimate of drug-likeness (QED) is 0.534. The Kier molecular flexibility index (Phi) is 7.71. The Morgan fingerprint density at radius 3 is 2.58 bits per heavy atom. The molecule has 0 aliphatic carbocycles. The van der Waals surface area contributed by atoms with Crippen molar-refractivity contribution in [3.8, 4) is 5.75 Å². The van der Waals surface area contributed by atoms with Gasteiger partial charge in [-0.25, -0.2) is 8.42 Å². The van der Waals surface area contributed by atoms with Gasteiger partial charge in [0.05, 0.1) is 6.26 Å². The summed E-state index contributed by atoms with van der Waals surface area (Å²) in [6, 6.07) is 14.2. The largest absolute Gasteiger partial charge is 0.491 e. The lowest BCUT2D eigenvalue weighted by Crippen LogP contribution is -2.32. The molecule has 0 saturated heterocycles. The normalized spacial score (nSPS) is 12.6. The minimum Gasteiger partial charge on any atom is -0.491 e. The molecule has 8 heteroatoms. The van der Waals surface area contributed by atoms with Crippen LogP contribution < -0.4 is 14.8 Å². The molecule has 2 rings (SSSR count). The van der Waals surface area contributed by atoms with E-state index in [1.165, 1.54) is 0 Å². The second-order valence-corrected chi connectivity index (χ2v) is 8.13. The lowest BCUT2D eigenvalue weighted by molar-refractivity contribution is 0.106. The Bertz CT molecular complexity index is 797. The van der Waals surface area contributed by atoms with Crippen LogP contribution in [-0.4, -0.2) is 45.6 Å². The van der Waals surface area contributed by atoms with Crippen LogP contribution in [0.5, 0.6) is 5.75 Å². The van der Waals surface area contributed by atoms with Gasteiger partial charge in [0.25, 0.3) is 0 Å². The van der Waals surface area contributed by atoms with E-state index in [1.54, 1.807) is 24.3 Å². The van der Waals surface area contributed by atoms with E-state index in [2.05, 4.69) is 10.0 Å². The maximum atomic E-state index is 11.1. The number of nitrogens with one attached hydrogen (secondary N) is 2. The molecular weight excluding hydrogens is 376 g/mol. The molecule has 0 saturated carbocycles. The highest BCUT2D eigenvalue weighted by atomic mass is 35.5. The van der Waals surface area contributed by atoms with Crippen LogP contribution in [0.3, 0.4) is 0 Å². The summed E-state index contributed by atoms with van der Waals surface area (Å²) in [5.74, 6) is 0.557. The minimum atomic E-state index is -3.30. The Labute approximate surface area is 159 Å². The first-order chi connectivity index (χ1) is 12.3. The highest BCUT2D eigenvalue weighted by Crippen LogP contribution is 2.16. The number of sulfonamides is 1. The zero-order valence-corrected chi connectivity index (χ0v) is 16.1. The van der Waals surface area contributed by atoms with Gasteiger partial charge in [0, 0.05) is 17.3 Å². The van der Waals surface area contributed by atoms with Gasteiger partial charge in [-0.2, -0.15) is 0 Å². The summed E-state index contributed by atoms with van der Waals surface area (Å²) in [7, 11) is -3.30. The van der Waals surface area contributed by atoms with Crippen molar-refractivity contribution in [3.05, 3.63) is 59.1 Å². The summed E-state index contributed by atoms with van der Waals surface area (Å²) in [6.45, 7) is 1.28. The Balaban J connectivity index is 1.66. The molecule has 26 heavy (non-hydrogen) atoms. The van der Waals surface area contributed by atoms with E-state index in [9.17, 15) is 13.5 Å². The molecule has 6 nitrogen and oxygen atoms in total. The molecule has 0 amide bonds. The van der Waals surface area contributed by atoms with Crippen molar-refractivity contribution in [2.24, 2.45) is 0 Å². The monoisotopic (exact) mass is 398 g/mol. The third-order valence-electron chi connectivity index (χ3n) is 3.46. The molecule has 3 N–H and O–H groups in total. The number of aliphatic hydroxyl groups is 1. The number of rotatable bonds is 10. The summed E-state index contributed by atoms with van der Waals surface area (Å²) >= 11 is 5.94. The fourth-order valence-corrected chi connectivity index (χ4v) is 3.06. The first-order valence-corrected chi connectivity index (χ1v) is 10.4. The molecule has 0 aromatic heterocycles. The summed E-state index contributed by atoms with van der Waals surface area (Å²) in [5.41, 5.74) is 1.60. The third-order valence-corrected chi connectivity index (χ3v) is 4.30. The topological polar surface area (TPSA) is 87.7 Å². The maximum Gasteiger partial charge on any atom is 0.229 e. The fraction of sp³-hybridized carbons (Fsp3) is 0.333. The van der Waals surface area contributed by atoms with E-state index in [1.807, 2.05) is 24.3 Å². The van der Waals surface area contributed by atoms with E-state index in [0.29, 0.717) is 23.0 Å². The van der Waals surface area contributed by atoms with E-state index in [-0.39, 0.29) is 6.61 Å². The lowest BCUT2D eigenvalue weighted by Gasteiger charge is -2.14. The van der Waals surface area contributed by atoms with Crippen molar-refractivity contribution in [1.82, 2.24) is 5.32 Å². The number of aliphatic hydroxyl groups excluding tert-OH is 1. The SMILES string of the molecule is CS(=O)(=O)Nc1ccc(OC[C@@H](O)CNCCc2cccc(Cl)c2)cc1. The molecule has 0 unspecified atom stereocenters. The molecule has 0 fully saturated rings. The van der Waals surface area contributed by atoms with E-state index in [4.69, 9.17) is 16.3 Å². The molecule has 0 bridgehead atoms. The van der Waals surface area contributed by atoms with Gasteiger partial charge in [0.15, 0.2) is 0 Å². The zero-order valence-electron chi connectivity index (χ0n) is 14.5. The predicted molar refractivity (Wildman–Crippen MR) is 104 cm³/mol. The van der Waals surface area contributed by atoms with Crippen LogP contribution in [0.4, 0.5) is 5.69 Å². The molecule has 0 aliphatic rings. The first-order valence-electron chi connectivity index (χ1n) is 8.16. The molecule has 2 aromatic carbocycles. The maximum absolute atomic E-state index is 11.1. The van der Waals surface area contributed by atoms with Crippen molar-refractivity contribution in [1.29, 1.82) is 0 Å². The fourth-order valence-electron chi connectivity index (χ4n) is 2.28. The van der Waals surface area contributed by atoms with Crippen LogP contribution in [0.25, 0.3) is 0 Å². The van der Waals surface area contributed by atoms with Crippen LogP contribution in [0.1, 0.15) is 5.56 Å². The van der Waals surface area contributed by atoms with E-state index in [0.717, 1.165) is 24.8 Å². The second-order valence-electron chi connectivity index (χ2n) is 5.95. The molecule has 0 heterocycles. The number of benzene rings is 2. The van der Waals surface area contributed by atoms with Crippen LogP contribution in [0, 0.1) is 0 Å². The van der Waals surface area contributed by atoms with Crippen LogP contribution >= 0.6 is 11.6 Å². The van der Waals surface area contributed by atoms with Gasteiger partial charge < -0.3 is 15.2 Å². The molecule has 2 aromatic rings. The van der Waals surface area contributed by atoms with Crippen molar-refractivity contribution >= 4 is 27.3 Å². The Morgan fingerprint density at radius 2 is 1.92 bits per heavy atom. The van der Waals surface area contributed by atoms with Gasteiger partial charge in [0.2, 0.25) is 10.0 Å². The summed E-state index contributed by atoms with van der Waals surface area (Å²) in [4.78, 5) is 0. The molecule has 142 valence electrons. The molecule has 0 spiro atoms. The summed E-state index contributed by atoms with van der Waals surface area (Å²) < 4.78 is 30.2. The minimum absolute atomic E-state index is 0.142. The first kappa shape index (κ1) is 20.5. The average Bonchev–Trinajstić information content (AvgIpc) is 2.57. The van der Waals surface area contributed by atoms with Gasteiger partial charge in [0.1, 0.15) is 18.5 Å². The summed E-state index contributed by atoms with van der Waals surface area (Å²) in [5, 5.41) is 13.8. The highest BCUT2D eigenvalue weighted by molar-refractivity contribution is 7.92. The number of anilines is 1. The zero-order chi connectivity index (χ0) is 19.0. The van der Waals surface area contributed by atoms with Crippen LogP contribution in [0.15, 0.2) is 48.5 Å². The standard InChI is InChI=1S/C18H23ClN2O4S/c1-26(23,24)21-16-5-7-18(8-6-16)25-13-17(22)12-20-10-9-14-3-2-4-15(19)11-14/h2-8,11,17,20-22H,9-10,12-13H2,1H3/t17-/m0/s1. The predicted octanol–water partition coefficient (Wildman–Crippen LogP) is 2.28. The van der Waals surface area contributed by atoms with Crippen molar-refractivity contribution in [3.63, 3.8) is 0 Å². The van der Waals surface area contributed by atoms with Gasteiger partial charge >= 0.3 is 0 Å². The average molecular weight is 399 g/mol. The van der Waals surface area contributed by atoms with E-state index >= 15 is 0 Å². The number of ether oxygens (including phenoxy) is 1. The van der Waals surface area contributed by atoms with Gasteiger partial charge in [-0.15, -0.1) is 0 Å². The van der Waals surface area contributed by atoms with Crippen LogP contribution in [0.2, 0.25) is 5.02 Å². The third kappa shape index (κ3) is 8.05. The number of halogens is 1. The second kappa shape index (κ2) is 9.78. The molecule has 0 radical (unpaired) electrons. The van der Waals surface area contributed by atoms with Gasteiger partial charge in [-0.3, -0.25) is 4.72 Å². The van der Waals surface area contributed by atoms with Crippen LogP contribution in [-0.2, 0) is 16.4 Å². The van der Waals surface area contributed by atoms with E-state index < -0.39 is 16.1 Å². The highest BCUT2D eigenvalue weighted by Gasteiger charge is 2.06. The van der Waals surface area contributed by atoms with Gasteiger partial charge in [-0.05, 0) is 54.9 Å². The number of hydrogen-bond acceptors (Lipinski definition) is 5. The molecular formula is C18H23ClN2O4S. The summed E-state index contributed by atoms with van der Waals surface area (Å²) in [6.07, 6.45) is 1.26. The Hall–Kier alpha value is -1.80.